The molecule has 0 aliphatic carbocycles. The Morgan fingerprint density at radius 3 is 2.43 bits per heavy atom. The molecule has 6 nitrogen and oxygen atoms in total. The highest BCUT2D eigenvalue weighted by Crippen LogP contribution is 2.39. The van der Waals surface area contributed by atoms with Crippen molar-refractivity contribution in [3.63, 3.8) is 0 Å². The zero-order valence-electron chi connectivity index (χ0n) is 11.6. The van der Waals surface area contributed by atoms with Crippen LogP contribution in [0.4, 0.5) is 11.4 Å². The number of hydrogen-bond donors (Lipinski definition) is 1. The monoisotopic (exact) mass is 286 g/mol. The van der Waals surface area contributed by atoms with Crippen molar-refractivity contribution in [1.82, 2.24) is 0 Å². The Labute approximate surface area is 121 Å². The highest BCUT2D eigenvalue weighted by Gasteiger charge is 2.20. The number of carbonyl (C=O) groups is 1. The quantitative estimate of drug-likeness (QED) is 0.691. The second kappa shape index (κ2) is 6.04. The number of nitro benzene ring substituents is 1. The SMILES string of the molecule is COc1ccccc1-c1cccc([N+](=O)[O-])c1NC(C)=O. The van der Waals surface area contributed by atoms with Gasteiger partial charge in [-0.1, -0.05) is 30.3 Å². The molecule has 21 heavy (non-hydrogen) atoms. The third kappa shape index (κ3) is 3.00. The molecule has 2 rings (SSSR count). The second-order valence-electron chi connectivity index (χ2n) is 4.34. The summed E-state index contributed by atoms with van der Waals surface area (Å²) in [5.74, 6) is 0.199. The van der Waals surface area contributed by atoms with Crippen molar-refractivity contribution in [1.29, 1.82) is 0 Å². The van der Waals surface area contributed by atoms with Crippen LogP contribution in [0.1, 0.15) is 6.92 Å². The predicted molar refractivity (Wildman–Crippen MR) is 79.4 cm³/mol. The van der Waals surface area contributed by atoms with Gasteiger partial charge in [-0.05, 0) is 6.07 Å². The molecule has 0 fully saturated rings. The van der Waals surface area contributed by atoms with E-state index in [9.17, 15) is 14.9 Å². The molecule has 0 spiro atoms. The summed E-state index contributed by atoms with van der Waals surface area (Å²) in [6.07, 6.45) is 0. The van der Waals surface area contributed by atoms with Gasteiger partial charge in [-0.2, -0.15) is 0 Å². The zero-order chi connectivity index (χ0) is 15.4. The third-order valence-electron chi connectivity index (χ3n) is 2.94. The highest BCUT2D eigenvalue weighted by atomic mass is 16.6. The number of para-hydroxylation sites is 2. The third-order valence-corrected chi connectivity index (χ3v) is 2.94. The van der Waals surface area contributed by atoms with Crippen molar-refractivity contribution in [3.05, 3.63) is 52.6 Å². The molecule has 0 saturated carbocycles. The van der Waals surface area contributed by atoms with Crippen LogP contribution < -0.4 is 10.1 Å². The fraction of sp³-hybridized carbons (Fsp3) is 0.133. The Morgan fingerprint density at radius 1 is 1.14 bits per heavy atom. The minimum atomic E-state index is -0.524. The van der Waals surface area contributed by atoms with Gasteiger partial charge in [0.15, 0.2) is 0 Å². The summed E-state index contributed by atoms with van der Waals surface area (Å²) in [4.78, 5) is 22.0. The number of amides is 1. The molecule has 0 aliphatic rings. The van der Waals surface area contributed by atoms with Gasteiger partial charge >= 0.3 is 0 Å². The molecule has 0 unspecified atom stereocenters. The summed E-state index contributed by atoms with van der Waals surface area (Å²) in [5, 5.41) is 13.7. The Morgan fingerprint density at radius 2 is 1.81 bits per heavy atom. The number of anilines is 1. The molecule has 6 heteroatoms. The van der Waals surface area contributed by atoms with Crippen LogP contribution in [0, 0.1) is 10.1 Å². The number of nitrogens with zero attached hydrogens (tertiary/aromatic N) is 1. The maximum Gasteiger partial charge on any atom is 0.293 e. The van der Waals surface area contributed by atoms with Gasteiger partial charge in [0.2, 0.25) is 5.91 Å². The van der Waals surface area contributed by atoms with E-state index < -0.39 is 4.92 Å². The zero-order valence-corrected chi connectivity index (χ0v) is 11.6. The summed E-state index contributed by atoms with van der Waals surface area (Å²) in [7, 11) is 1.52. The Hall–Kier alpha value is -2.89. The van der Waals surface area contributed by atoms with Gasteiger partial charge in [0, 0.05) is 24.1 Å². The van der Waals surface area contributed by atoms with Crippen molar-refractivity contribution >= 4 is 17.3 Å². The molecule has 2 aromatic carbocycles. The minimum Gasteiger partial charge on any atom is -0.496 e. The van der Waals surface area contributed by atoms with Crippen LogP contribution in [-0.2, 0) is 4.79 Å². The van der Waals surface area contributed by atoms with E-state index in [0.29, 0.717) is 16.9 Å². The van der Waals surface area contributed by atoms with Crippen LogP contribution in [0.5, 0.6) is 5.75 Å². The molecule has 2 aromatic rings. The second-order valence-corrected chi connectivity index (χ2v) is 4.34. The smallest absolute Gasteiger partial charge is 0.293 e. The van der Waals surface area contributed by atoms with Crippen LogP contribution in [0.25, 0.3) is 11.1 Å². The van der Waals surface area contributed by atoms with Gasteiger partial charge in [0.05, 0.1) is 12.0 Å². The standard InChI is InChI=1S/C15H14N2O4/c1-10(18)16-15-12(7-5-8-13(15)17(19)20)11-6-3-4-9-14(11)21-2/h3-9H,1-2H3,(H,16,18). The first kappa shape index (κ1) is 14.5. The van der Waals surface area contributed by atoms with Crippen LogP contribution in [0.15, 0.2) is 42.5 Å². The van der Waals surface area contributed by atoms with Crippen LogP contribution in [0.2, 0.25) is 0 Å². The highest BCUT2D eigenvalue weighted by molar-refractivity contribution is 5.98. The molecule has 0 heterocycles. The summed E-state index contributed by atoms with van der Waals surface area (Å²) in [6.45, 7) is 1.31. The first-order valence-corrected chi connectivity index (χ1v) is 6.23. The Kier molecular flexibility index (Phi) is 4.18. The lowest BCUT2D eigenvalue weighted by molar-refractivity contribution is -0.383. The number of nitro groups is 1. The molecule has 0 aliphatic heterocycles. The van der Waals surface area contributed by atoms with E-state index >= 15 is 0 Å². The number of nitrogens with one attached hydrogen (secondary N) is 1. The lowest BCUT2D eigenvalue weighted by Crippen LogP contribution is -2.09. The van der Waals surface area contributed by atoms with Crippen molar-refractivity contribution in [2.75, 3.05) is 12.4 Å². The largest absolute Gasteiger partial charge is 0.496 e. The lowest BCUT2D eigenvalue weighted by Gasteiger charge is -2.13. The molecule has 0 saturated heterocycles. The summed E-state index contributed by atoms with van der Waals surface area (Å²) in [5.41, 5.74) is 1.22. The molecule has 1 amide bonds. The average Bonchev–Trinajstić information content (AvgIpc) is 2.46. The number of carbonyl (C=O) groups excluding carboxylic acids is 1. The van der Waals surface area contributed by atoms with E-state index in [2.05, 4.69) is 5.32 Å². The average molecular weight is 286 g/mol. The number of rotatable bonds is 4. The van der Waals surface area contributed by atoms with Gasteiger partial charge in [0.1, 0.15) is 11.4 Å². The van der Waals surface area contributed by atoms with Crippen LogP contribution >= 0.6 is 0 Å². The molecule has 0 aromatic heterocycles. The normalized spacial score (nSPS) is 10.0. The van der Waals surface area contributed by atoms with Gasteiger partial charge in [-0.3, -0.25) is 14.9 Å². The maximum atomic E-state index is 11.4. The van der Waals surface area contributed by atoms with Crippen LogP contribution in [-0.4, -0.2) is 17.9 Å². The molecule has 0 bridgehead atoms. The minimum absolute atomic E-state index is 0.159. The molecule has 0 atom stereocenters. The summed E-state index contributed by atoms with van der Waals surface area (Å²) < 4.78 is 5.28. The fourth-order valence-corrected chi connectivity index (χ4v) is 2.09. The van der Waals surface area contributed by atoms with E-state index in [1.807, 2.05) is 0 Å². The van der Waals surface area contributed by atoms with Gasteiger partial charge in [-0.15, -0.1) is 0 Å². The van der Waals surface area contributed by atoms with Gasteiger partial charge in [-0.25, -0.2) is 0 Å². The Bertz CT molecular complexity index is 698. The molecule has 108 valence electrons. The van der Waals surface area contributed by atoms with Gasteiger partial charge in [0.25, 0.3) is 5.69 Å². The van der Waals surface area contributed by atoms with Crippen molar-refractivity contribution in [3.8, 4) is 16.9 Å². The summed E-state index contributed by atoms with van der Waals surface area (Å²) in [6, 6.07) is 11.8. The lowest BCUT2D eigenvalue weighted by atomic mass is 10.0. The molecular weight excluding hydrogens is 272 g/mol. The van der Waals surface area contributed by atoms with E-state index in [1.165, 1.54) is 20.1 Å². The number of benzene rings is 2. The maximum absolute atomic E-state index is 11.4. The number of ether oxygens (including phenoxy) is 1. The van der Waals surface area contributed by atoms with E-state index in [-0.39, 0.29) is 17.3 Å². The first-order valence-electron chi connectivity index (χ1n) is 6.23. The summed E-state index contributed by atoms with van der Waals surface area (Å²) >= 11 is 0. The van der Waals surface area contributed by atoms with Crippen molar-refractivity contribution in [2.24, 2.45) is 0 Å². The van der Waals surface area contributed by atoms with E-state index in [0.717, 1.165) is 0 Å². The topological polar surface area (TPSA) is 81.5 Å². The van der Waals surface area contributed by atoms with E-state index in [1.54, 1.807) is 36.4 Å². The van der Waals surface area contributed by atoms with Crippen molar-refractivity contribution < 1.29 is 14.5 Å². The number of methoxy groups -OCH3 is 1. The fourth-order valence-electron chi connectivity index (χ4n) is 2.09. The predicted octanol–water partition coefficient (Wildman–Crippen LogP) is 3.23. The van der Waals surface area contributed by atoms with Crippen LogP contribution in [0.3, 0.4) is 0 Å². The number of hydrogen-bond acceptors (Lipinski definition) is 4. The van der Waals surface area contributed by atoms with E-state index in [4.69, 9.17) is 4.74 Å². The van der Waals surface area contributed by atoms with Gasteiger partial charge < -0.3 is 10.1 Å². The molecular formula is C15H14N2O4. The van der Waals surface area contributed by atoms with Crippen molar-refractivity contribution in [2.45, 2.75) is 6.92 Å². The first-order chi connectivity index (χ1) is 10.0. The molecule has 1 N–H and O–H groups in total. The Balaban J connectivity index is 2.70. The molecule has 0 radical (unpaired) electrons.